The topological polar surface area (TPSA) is 64.6 Å². The Morgan fingerprint density at radius 3 is 2.50 bits per heavy atom. The first kappa shape index (κ1) is 18.0. The van der Waals surface area contributed by atoms with Crippen LogP contribution >= 0.6 is 0 Å². The van der Waals surface area contributed by atoms with Crippen LogP contribution in [0.1, 0.15) is 71.1 Å². The number of aliphatic hydroxyl groups is 1. The van der Waals surface area contributed by atoms with Gasteiger partial charge < -0.3 is 15.7 Å². The van der Waals surface area contributed by atoms with Crippen LogP contribution in [-0.2, 0) is 0 Å². The molecule has 3 fully saturated rings. The summed E-state index contributed by atoms with van der Waals surface area (Å²) in [6, 6.07) is 0.633. The van der Waals surface area contributed by atoms with Crippen molar-refractivity contribution < 1.29 is 9.90 Å². The van der Waals surface area contributed by atoms with E-state index < -0.39 is 0 Å². The number of carbonyl (C=O) groups is 1. The molecule has 0 aromatic heterocycles. The van der Waals surface area contributed by atoms with Crippen LogP contribution in [0.2, 0.25) is 0 Å². The van der Waals surface area contributed by atoms with Crippen molar-refractivity contribution in [1.29, 1.82) is 0 Å². The zero-order chi connectivity index (χ0) is 17.0. The van der Waals surface area contributed by atoms with Gasteiger partial charge in [-0.25, -0.2) is 4.79 Å². The van der Waals surface area contributed by atoms with Gasteiger partial charge in [0.25, 0.3) is 0 Å². The summed E-state index contributed by atoms with van der Waals surface area (Å²) in [6.45, 7) is 5.04. The predicted octanol–water partition coefficient (Wildman–Crippen LogP) is 2.63. The van der Waals surface area contributed by atoms with Crippen molar-refractivity contribution in [2.24, 2.45) is 5.41 Å². The fourth-order valence-corrected chi connectivity index (χ4v) is 4.62. The lowest BCUT2D eigenvalue weighted by molar-refractivity contribution is 0.00776. The third kappa shape index (κ3) is 4.63. The molecule has 1 heterocycles. The van der Waals surface area contributed by atoms with E-state index in [-0.39, 0.29) is 18.2 Å². The highest BCUT2D eigenvalue weighted by molar-refractivity contribution is 5.74. The molecule has 1 aliphatic heterocycles. The van der Waals surface area contributed by atoms with Gasteiger partial charge >= 0.3 is 6.03 Å². The molecule has 2 saturated carbocycles. The lowest BCUT2D eigenvalue weighted by Gasteiger charge is -2.41. The summed E-state index contributed by atoms with van der Waals surface area (Å²) in [5.74, 6) is 0. The third-order valence-electron chi connectivity index (χ3n) is 6.39. The van der Waals surface area contributed by atoms with Crippen LogP contribution in [0.5, 0.6) is 0 Å². The molecule has 2 atom stereocenters. The van der Waals surface area contributed by atoms with Gasteiger partial charge in [-0.15, -0.1) is 0 Å². The van der Waals surface area contributed by atoms with E-state index in [4.69, 9.17) is 0 Å². The Bertz CT molecular complexity index is 417. The van der Waals surface area contributed by atoms with E-state index in [0.29, 0.717) is 11.5 Å². The van der Waals surface area contributed by atoms with Crippen molar-refractivity contribution in [2.45, 2.75) is 89.3 Å². The van der Waals surface area contributed by atoms with Gasteiger partial charge in [0, 0.05) is 31.7 Å². The van der Waals surface area contributed by atoms with E-state index in [0.717, 1.165) is 51.7 Å². The molecule has 5 heteroatoms. The van der Waals surface area contributed by atoms with Crippen LogP contribution < -0.4 is 10.6 Å². The highest BCUT2D eigenvalue weighted by atomic mass is 16.3. The molecule has 3 aliphatic rings. The molecule has 3 N–H and O–H groups in total. The number of hydrogen-bond acceptors (Lipinski definition) is 3. The van der Waals surface area contributed by atoms with Crippen LogP contribution in [0.3, 0.4) is 0 Å². The molecule has 0 radical (unpaired) electrons. The molecule has 0 spiro atoms. The first-order valence-corrected chi connectivity index (χ1v) is 10.1. The van der Waals surface area contributed by atoms with E-state index in [2.05, 4.69) is 22.5 Å². The maximum absolute atomic E-state index is 12.1. The van der Waals surface area contributed by atoms with Gasteiger partial charge in [-0.05, 0) is 50.4 Å². The van der Waals surface area contributed by atoms with E-state index in [1.807, 2.05) is 0 Å². The Balaban J connectivity index is 1.35. The molecular formula is C19H35N3O2. The molecule has 5 nitrogen and oxygen atoms in total. The fraction of sp³-hybridized carbons (Fsp3) is 0.947. The van der Waals surface area contributed by atoms with Crippen LogP contribution in [0.4, 0.5) is 4.79 Å². The highest BCUT2D eigenvalue weighted by Gasteiger charge is 2.41. The molecule has 2 amide bonds. The number of piperidine rings is 1. The van der Waals surface area contributed by atoms with Gasteiger partial charge in [0.2, 0.25) is 0 Å². The number of likely N-dealkylation sites (tertiary alicyclic amines) is 1. The Morgan fingerprint density at radius 1 is 1.17 bits per heavy atom. The normalized spacial score (nSPS) is 30.8. The second kappa shape index (κ2) is 8.05. The maximum atomic E-state index is 12.1. The number of aliphatic hydroxyl groups excluding tert-OH is 1. The number of nitrogens with one attached hydrogen (secondary N) is 2. The van der Waals surface area contributed by atoms with Gasteiger partial charge in [-0.3, -0.25) is 4.90 Å². The van der Waals surface area contributed by atoms with Gasteiger partial charge in [0.1, 0.15) is 0 Å². The summed E-state index contributed by atoms with van der Waals surface area (Å²) >= 11 is 0. The zero-order valence-corrected chi connectivity index (χ0v) is 15.2. The van der Waals surface area contributed by atoms with Crippen molar-refractivity contribution in [3.05, 3.63) is 0 Å². The van der Waals surface area contributed by atoms with E-state index in [9.17, 15) is 9.90 Å². The lowest BCUT2D eigenvalue weighted by atomic mass is 9.89. The molecule has 138 valence electrons. The van der Waals surface area contributed by atoms with Gasteiger partial charge in [0.15, 0.2) is 0 Å². The molecule has 2 aliphatic carbocycles. The molecule has 0 aromatic carbocycles. The zero-order valence-electron chi connectivity index (χ0n) is 15.2. The van der Waals surface area contributed by atoms with Gasteiger partial charge in [0.05, 0.1) is 6.10 Å². The largest absolute Gasteiger partial charge is 0.391 e. The summed E-state index contributed by atoms with van der Waals surface area (Å²) in [7, 11) is 0. The lowest BCUT2D eigenvalue weighted by Crippen LogP contribution is -2.53. The van der Waals surface area contributed by atoms with E-state index in [1.54, 1.807) is 0 Å². The van der Waals surface area contributed by atoms with Crippen molar-refractivity contribution in [2.75, 3.05) is 19.6 Å². The molecule has 2 unspecified atom stereocenters. The molecule has 0 aromatic rings. The third-order valence-corrected chi connectivity index (χ3v) is 6.39. The smallest absolute Gasteiger partial charge is 0.315 e. The van der Waals surface area contributed by atoms with Crippen LogP contribution in [0, 0.1) is 5.41 Å². The summed E-state index contributed by atoms with van der Waals surface area (Å²) in [4.78, 5) is 14.6. The number of urea groups is 1. The van der Waals surface area contributed by atoms with E-state index in [1.165, 1.54) is 32.1 Å². The minimum Gasteiger partial charge on any atom is -0.391 e. The standard InChI is InChI=1S/C19H35N3O2/c1-2-9-19(10-11-19)14-20-18(24)21-15-7-12-22(13-8-15)16-5-3-4-6-17(16)23/h15-17,23H,2-14H2,1H3,(H2,20,21,24). The van der Waals surface area contributed by atoms with Crippen LogP contribution in [-0.4, -0.2) is 53.9 Å². The molecule has 3 rings (SSSR count). The second-order valence-corrected chi connectivity index (χ2v) is 8.31. The Kier molecular flexibility index (Phi) is 6.03. The maximum Gasteiger partial charge on any atom is 0.315 e. The fourth-order valence-electron chi connectivity index (χ4n) is 4.62. The first-order valence-electron chi connectivity index (χ1n) is 10.1. The second-order valence-electron chi connectivity index (χ2n) is 8.31. The minimum atomic E-state index is -0.153. The average Bonchev–Trinajstić information content (AvgIpc) is 3.35. The number of amides is 2. The average molecular weight is 338 g/mol. The van der Waals surface area contributed by atoms with Gasteiger partial charge in [-0.1, -0.05) is 26.2 Å². The molecule has 24 heavy (non-hydrogen) atoms. The van der Waals surface area contributed by atoms with Crippen LogP contribution in [0.25, 0.3) is 0 Å². The SMILES string of the molecule is CCCC1(CNC(=O)NC2CCN(C3CCCCC3O)CC2)CC1. The molecular weight excluding hydrogens is 302 g/mol. The van der Waals surface area contributed by atoms with Crippen molar-refractivity contribution in [3.8, 4) is 0 Å². The number of carbonyl (C=O) groups excluding carboxylic acids is 1. The first-order chi connectivity index (χ1) is 11.6. The Labute approximate surface area is 146 Å². The predicted molar refractivity (Wildman–Crippen MR) is 96.0 cm³/mol. The minimum absolute atomic E-state index is 0.00790. The van der Waals surface area contributed by atoms with E-state index >= 15 is 0 Å². The monoisotopic (exact) mass is 337 g/mol. The summed E-state index contributed by atoms with van der Waals surface area (Å²) in [5, 5.41) is 16.5. The summed E-state index contributed by atoms with van der Waals surface area (Å²) in [5.41, 5.74) is 0.409. The van der Waals surface area contributed by atoms with Crippen molar-refractivity contribution >= 4 is 6.03 Å². The Hall–Kier alpha value is -0.810. The molecule has 0 bridgehead atoms. The van der Waals surface area contributed by atoms with Crippen molar-refractivity contribution in [3.63, 3.8) is 0 Å². The summed E-state index contributed by atoms with van der Waals surface area (Å²) in [6.07, 6.45) is 11.3. The van der Waals surface area contributed by atoms with Crippen molar-refractivity contribution in [1.82, 2.24) is 15.5 Å². The highest BCUT2D eigenvalue weighted by Crippen LogP contribution is 2.48. The van der Waals surface area contributed by atoms with Crippen LogP contribution in [0.15, 0.2) is 0 Å². The quantitative estimate of drug-likeness (QED) is 0.698. The summed E-state index contributed by atoms with van der Waals surface area (Å²) < 4.78 is 0. The number of hydrogen-bond donors (Lipinski definition) is 3. The molecule has 1 saturated heterocycles. The number of nitrogens with zero attached hydrogens (tertiary/aromatic N) is 1. The number of rotatable bonds is 6. The Morgan fingerprint density at radius 2 is 1.88 bits per heavy atom. The van der Waals surface area contributed by atoms with Gasteiger partial charge in [-0.2, -0.15) is 0 Å².